The first-order valence-electron chi connectivity index (χ1n) is 5.74. The Bertz CT molecular complexity index is 397. The summed E-state index contributed by atoms with van der Waals surface area (Å²) in [4.78, 5) is 22.9. The molecule has 0 aromatic heterocycles. The summed E-state index contributed by atoms with van der Waals surface area (Å²) in [6.07, 6.45) is 0.544. The Labute approximate surface area is 106 Å². The first-order valence-corrected chi connectivity index (χ1v) is 5.74. The minimum Gasteiger partial charge on any atom is -0.434 e. The van der Waals surface area contributed by atoms with Crippen molar-refractivity contribution in [2.75, 3.05) is 6.61 Å². The Balaban J connectivity index is 2.89. The highest BCUT2D eigenvalue weighted by Gasteiger charge is 2.48. The van der Waals surface area contributed by atoms with E-state index in [0.29, 0.717) is 0 Å². The Morgan fingerprint density at radius 2 is 1.89 bits per heavy atom. The first kappa shape index (κ1) is 14.7. The Morgan fingerprint density at radius 1 is 1.33 bits per heavy atom. The highest BCUT2D eigenvalue weighted by molar-refractivity contribution is 5.97. The van der Waals surface area contributed by atoms with Crippen molar-refractivity contribution in [3.05, 3.63) is 11.6 Å². The summed E-state index contributed by atoms with van der Waals surface area (Å²) >= 11 is 0. The van der Waals surface area contributed by atoms with Gasteiger partial charge in [-0.1, -0.05) is 6.08 Å². The smallest absolute Gasteiger partial charge is 0.434 e. The van der Waals surface area contributed by atoms with Crippen LogP contribution in [-0.2, 0) is 14.3 Å². The van der Waals surface area contributed by atoms with E-state index in [1.165, 1.54) is 0 Å². The number of hydrogen-bond acceptors (Lipinski definition) is 6. The highest BCUT2D eigenvalue weighted by atomic mass is 16.7. The fourth-order valence-corrected chi connectivity index (χ4v) is 2.01. The zero-order valence-corrected chi connectivity index (χ0v) is 11.3. The minimum absolute atomic E-state index is 0.131. The van der Waals surface area contributed by atoms with Gasteiger partial charge in [0.05, 0.1) is 23.3 Å². The molecule has 0 saturated carbocycles. The molecule has 6 nitrogen and oxygen atoms in total. The van der Waals surface area contributed by atoms with Crippen LogP contribution in [0.15, 0.2) is 11.6 Å². The summed E-state index contributed by atoms with van der Waals surface area (Å²) in [5.74, 6) is -0.803. The normalized spacial score (nSPS) is 21.3. The summed E-state index contributed by atoms with van der Waals surface area (Å²) in [6, 6.07) is 0. The molecule has 0 saturated heterocycles. The third-order valence-corrected chi connectivity index (χ3v) is 2.89. The summed E-state index contributed by atoms with van der Waals surface area (Å²) in [6.45, 7) is 8.58. The Hall–Kier alpha value is -1.40. The second kappa shape index (κ2) is 4.70. The van der Waals surface area contributed by atoms with Crippen molar-refractivity contribution in [2.45, 2.75) is 45.7 Å². The summed E-state index contributed by atoms with van der Waals surface area (Å²) in [5, 5.41) is 11.1. The van der Waals surface area contributed by atoms with Crippen LogP contribution in [0.3, 0.4) is 0 Å². The SMILES string of the molecule is CCOC(=O)OC(=O)C1=CC(C)(C)N(O)C1(C)C. The molecule has 0 bridgehead atoms. The molecular formula is C12H19NO5. The van der Waals surface area contributed by atoms with Gasteiger partial charge in [-0.25, -0.2) is 9.59 Å². The Kier molecular flexibility index (Phi) is 3.83. The van der Waals surface area contributed by atoms with E-state index in [9.17, 15) is 14.8 Å². The van der Waals surface area contributed by atoms with Gasteiger partial charge in [-0.3, -0.25) is 0 Å². The van der Waals surface area contributed by atoms with Gasteiger partial charge >= 0.3 is 12.1 Å². The lowest BCUT2D eigenvalue weighted by atomic mass is 9.97. The molecule has 1 aliphatic rings. The van der Waals surface area contributed by atoms with Crippen molar-refractivity contribution in [1.82, 2.24) is 5.06 Å². The number of hydroxylamine groups is 2. The van der Waals surface area contributed by atoms with Crippen molar-refractivity contribution in [2.24, 2.45) is 0 Å². The number of nitrogens with zero attached hydrogens (tertiary/aromatic N) is 1. The topological polar surface area (TPSA) is 76.1 Å². The summed E-state index contributed by atoms with van der Waals surface area (Å²) < 4.78 is 9.08. The molecule has 6 heteroatoms. The van der Waals surface area contributed by atoms with Crippen LogP contribution in [0.2, 0.25) is 0 Å². The van der Waals surface area contributed by atoms with E-state index in [1.54, 1.807) is 40.7 Å². The van der Waals surface area contributed by atoms with Crippen molar-refractivity contribution >= 4 is 12.1 Å². The zero-order chi connectivity index (χ0) is 14.1. The van der Waals surface area contributed by atoms with E-state index in [-0.39, 0.29) is 12.2 Å². The van der Waals surface area contributed by atoms with Crippen LogP contribution in [0, 0.1) is 0 Å². The molecule has 0 spiro atoms. The predicted molar refractivity (Wildman–Crippen MR) is 63.0 cm³/mol. The van der Waals surface area contributed by atoms with E-state index in [0.717, 1.165) is 5.06 Å². The van der Waals surface area contributed by atoms with Crippen molar-refractivity contribution < 1.29 is 24.3 Å². The van der Waals surface area contributed by atoms with E-state index in [4.69, 9.17) is 0 Å². The van der Waals surface area contributed by atoms with Gasteiger partial charge in [-0.15, -0.1) is 0 Å². The minimum atomic E-state index is -1.03. The fraction of sp³-hybridized carbons (Fsp3) is 0.667. The molecule has 102 valence electrons. The van der Waals surface area contributed by atoms with Crippen molar-refractivity contribution in [1.29, 1.82) is 0 Å². The highest BCUT2D eigenvalue weighted by Crippen LogP contribution is 2.38. The number of ether oxygens (including phenoxy) is 2. The van der Waals surface area contributed by atoms with Crippen molar-refractivity contribution in [3.63, 3.8) is 0 Å². The lowest BCUT2D eigenvalue weighted by molar-refractivity contribution is -0.187. The summed E-state index contributed by atoms with van der Waals surface area (Å²) in [5.41, 5.74) is -1.40. The zero-order valence-electron chi connectivity index (χ0n) is 11.3. The molecule has 1 rings (SSSR count). The monoisotopic (exact) mass is 257 g/mol. The fourth-order valence-electron chi connectivity index (χ4n) is 2.01. The third kappa shape index (κ3) is 2.54. The maximum Gasteiger partial charge on any atom is 0.516 e. The standard InChI is InChI=1S/C12H19NO5/c1-6-17-10(15)18-9(14)8-7-11(2,3)13(16)12(8,4)5/h7,16H,6H2,1-5H3. The van der Waals surface area contributed by atoms with Crippen LogP contribution in [0.5, 0.6) is 0 Å². The van der Waals surface area contributed by atoms with Crippen LogP contribution < -0.4 is 0 Å². The van der Waals surface area contributed by atoms with Crippen LogP contribution >= 0.6 is 0 Å². The molecule has 0 fully saturated rings. The average molecular weight is 257 g/mol. The molecule has 0 aliphatic carbocycles. The summed E-state index contributed by atoms with van der Waals surface area (Å²) in [7, 11) is 0. The van der Waals surface area contributed by atoms with Crippen LogP contribution in [0.25, 0.3) is 0 Å². The molecule has 18 heavy (non-hydrogen) atoms. The number of carbonyl (C=O) groups excluding carboxylic acids is 2. The van der Waals surface area contributed by atoms with E-state index in [2.05, 4.69) is 9.47 Å². The Morgan fingerprint density at radius 3 is 2.28 bits per heavy atom. The van der Waals surface area contributed by atoms with Crippen molar-refractivity contribution in [3.8, 4) is 0 Å². The molecule has 0 unspecified atom stereocenters. The number of carbonyl (C=O) groups is 2. The molecule has 0 amide bonds. The van der Waals surface area contributed by atoms with Crippen LogP contribution in [-0.4, -0.2) is 40.1 Å². The average Bonchev–Trinajstić information content (AvgIpc) is 2.39. The van der Waals surface area contributed by atoms with E-state index >= 15 is 0 Å². The molecule has 0 atom stereocenters. The maximum atomic E-state index is 11.9. The molecule has 0 radical (unpaired) electrons. The third-order valence-electron chi connectivity index (χ3n) is 2.89. The first-order chi connectivity index (χ1) is 8.13. The number of esters is 1. The molecule has 1 heterocycles. The molecular weight excluding hydrogens is 238 g/mol. The van der Waals surface area contributed by atoms with Gasteiger partial charge in [0.25, 0.3) is 0 Å². The van der Waals surface area contributed by atoms with E-state index < -0.39 is 23.2 Å². The second-order valence-electron chi connectivity index (χ2n) is 5.16. The molecule has 0 aromatic carbocycles. The number of hydrogen-bond donors (Lipinski definition) is 1. The largest absolute Gasteiger partial charge is 0.516 e. The van der Waals surface area contributed by atoms with Crippen LogP contribution in [0.1, 0.15) is 34.6 Å². The molecule has 0 aromatic rings. The lowest BCUT2D eigenvalue weighted by Gasteiger charge is -2.35. The maximum absolute atomic E-state index is 11.9. The predicted octanol–water partition coefficient (Wildman–Crippen LogP) is 1.87. The number of rotatable bonds is 2. The van der Waals surface area contributed by atoms with Crippen LogP contribution in [0.4, 0.5) is 4.79 Å². The van der Waals surface area contributed by atoms with Gasteiger partial charge in [0.2, 0.25) is 0 Å². The van der Waals surface area contributed by atoms with Gasteiger partial charge in [-0.2, -0.15) is 5.06 Å². The van der Waals surface area contributed by atoms with Gasteiger partial charge in [0.1, 0.15) is 0 Å². The van der Waals surface area contributed by atoms with Gasteiger partial charge in [0.15, 0.2) is 0 Å². The van der Waals surface area contributed by atoms with Gasteiger partial charge in [-0.05, 0) is 34.6 Å². The van der Waals surface area contributed by atoms with E-state index in [1.807, 2.05) is 0 Å². The van der Waals surface area contributed by atoms with Gasteiger partial charge < -0.3 is 14.7 Å². The second-order valence-corrected chi connectivity index (χ2v) is 5.16. The quantitative estimate of drug-likeness (QED) is 0.601. The molecule has 1 aliphatic heterocycles. The van der Waals surface area contributed by atoms with Gasteiger partial charge in [0, 0.05) is 0 Å². The lowest BCUT2D eigenvalue weighted by Crippen LogP contribution is -2.48. The molecule has 1 N–H and O–H groups in total.